The van der Waals surface area contributed by atoms with Crippen molar-refractivity contribution < 1.29 is 9.21 Å². The van der Waals surface area contributed by atoms with Crippen molar-refractivity contribution in [3.8, 4) is 0 Å². The molecule has 82 valence electrons. The number of piperidine rings is 1. The van der Waals surface area contributed by atoms with Gasteiger partial charge in [0.15, 0.2) is 0 Å². The summed E-state index contributed by atoms with van der Waals surface area (Å²) < 4.78 is 5.03. The summed E-state index contributed by atoms with van der Waals surface area (Å²) >= 11 is 0. The van der Waals surface area contributed by atoms with Gasteiger partial charge in [-0.1, -0.05) is 0 Å². The largest absolute Gasteiger partial charge is 0.472 e. The molecule has 0 aromatic carbocycles. The van der Waals surface area contributed by atoms with Crippen LogP contribution in [-0.2, 0) is 4.79 Å². The van der Waals surface area contributed by atoms with Crippen molar-refractivity contribution in [2.24, 2.45) is 0 Å². The predicted octanol–water partition coefficient (Wildman–Crippen LogP) is 1.21. The van der Waals surface area contributed by atoms with Gasteiger partial charge in [-0.05, 0) is 19.4 Å². The number of hydrogen-bond donors (Lipinski definition) is 2. The van der Waals surface area contributed by atoms with Gasteiger partial charge in [0.25, 0.3) is 0 Å². The monoisotopic (exact) mass is 208 g/mol. The van der Waals surface area contributed by atoms with Gasteiger partial charge in [-0.3, -0.25) is 4.79 Å². The van der Waals surface area contributed by atoms with E-state index in [-0.39, 0.29) is 11.9 Å². The average Bonchev–Trinajstić information content (AvgIpc) is 2.74. The smallest absolute Gasteiger partial charge is 0.220 e. The quantitative estimate of drug-likeness (QED) is 0.785. The molecule has 15 heavy (non-hydrogen) atoms. The second-order valence-corrected chi connectivity index (χ2v) is 3.98. The van der Waals surface area contributed by atoms with Crippen molar-refractivity contribution in [1.29, 1.82) is 0 Å². The normalized spacial score (nSPS) is 23.5. The van der Waals surface area contributed by atoms with Crippen LogP contribution in [0.2, 0.25) is 0 Å². The van der Waals surface area contributed by atoms with E-state index in [9.17, 15) is 4.79 Å². The Morgan fingerprint density at radius 2 is 2.53 bits per heavy atom. The molecular weight excluding hydrogens is 192 g/mol. The van der Waals surface area contributed by atoms with Gasteiger partial charge in [0.2, 0.25) is 5.91 Å². The molecule has 0 aliphatic carbocycles. The molecule has 2 atom stereocenters. The Hall–Kier alpha value is -1.29. The summed E-state index contributed by atoms with van der Waals surface area (Å²) in [6.45, 7) is 2.82. The molecule has 1 saturated heterocycles. The maximum Gasteiger partial charge on any atom is 0.220 e. The van der Waals surface area contributed by atoms with Crippen molar-refractivity contribution in [1.82, 2.24) is 10.6 Å². The van der Waals surface area contributed by atoms with Gasteiger partial charge in [-0.15, -0.1) is 0 Å². The molecule has 0 bridgehead atoms. The highest BCUT2D eigenvalue weighted by atomic mass is 16.3. The van der Waals surface area contributed by atoms with E-state index in [1.165, 1.54) is 0 Å². The second kappa shape index (κ2) is 4.49. The van der Waals surface area contributed by atoms with Gasteiger partial charge in [-0.25, -0.2) is 0 Å². The molecule has 1 fully saturated rings. The Labute approximate surface area is 89.0 Å². The number of carbonyl (C=O) groups is 1. The molecule has 1 aromatic rings. The summed E-state index contributed by atoms with van der Waals surface area (Å²) in [5.74, 6) is 0.156. The van der Waals surface area contributed by atoms with Crippen LogP contribution in [0.25, 0.3) is 0 Å². The first-order valence-electron chi connectivity index (χ1n) is 5.30. The highest BCUT2D eigenvalue weighted by molar-refractivity contribution is 5.76. The summed E-state index contributed by atoms with van der Waals surface area (Å²) in [5, 5.41) is 6.32. The lowest BCUT2D eigenvalue weighted by atomic mass is 10.0. The maximum absolute atomic E-state index is 11.0. The topological polar surface area (TPSA) is 54.3 Å². The lowest BCUT2D eigenvalue weighted by molar-refractivity contribution is -0.122. The molecule has 1 aliphatic rings. The lowest BCUT2D eigenvalue weighted by Gasteiger charge is -2.26. The van der Waals surface area contributed by atoms with Crippen molar-refractivity contribution >= 4 is 5.91 Å². The van der Waals surface area contributed by atoms with Crippen LogP contribution >= 0.6 is 0 Å². The first kappa shape index (κ1) is 10.2. The number of nitrogens with one attached hydrogen (secondary N) is 2. The molecule has 2 unspecified atom stereocenters. The van der Waals surface area contributed by atoms with Crippen LogP contribution < -0.4 is 10.6 Å². The first-order valence-corrected chi connectivity index (χ1v) is 5.30. The summed E-state index contributed by atoms with van der Waals surface area (Å²) in [6.07, 6.45) is 4.96. The van der Waals surface area contributed by atoms with Gasteiger partial charge in [0, 0.05) is 30.6 Å². The molecule has 2 heterocycles. The Morgan fingerprint density at radius 3 is 3.13 bits per heavy atom. The van der Waals surface area contributed by atoms with Gasteiger partial charge < -0.3 is 15.1 Å². The standard InChI is InChI=1S/C11H16N2O2/c1-8(9-4-5-15-7-9)13-10-2-3-11(14)12-6-10/h4-5,7-8,10,13H,2-3,6H2,1H3,(H,12,14). The van der Waals surface area contributed by atoms with E-state index < -0.39 is 0 Å². The Balaban J connectivity index is 1.84. The molecule has 0 saturated carbocycles. The third-order valence-electron chi connectivity index (χ3n) is 2.79. The number of amides is 1. The highest BCUT2D eigenvalue weighted by Crippen LogP contribution is 2.15. The zero-order valence-corrected chi connectivity index (χ0v) is 8.82. The van der Waals surface area contributed by atoms with Crippen LogP contribution in [0, 0.1) is 0 Å². The first-order chi connectivity index (χ1) is 7.25. The summed E-state index contributed by atoms with van der Waals surface area (Å²) in [5.41, 5.74) is 1.15. The van der Waals surface area contributed by atoms with Crippen LogP contribution in [0.15, 0.2) is 23.0 Å². The average molecular weight is 208 g/mol. The van der Waals surface area contributed by atoms with E-state index in [1.807, 2.05) is 6.07 Å². The molecule has 2 N–H and O–H groups in total. The zero-order valence-electron chi connectivity index (χ0n) is 8.82. The Morgan fingerprint density at radius 1 is 1.67 bits per heavy atom. The SMILES string of the molecule is CC(NC1CCC(=O)NC1)c1ccoc1. The fourth-order valence-corrected chi connectivity index (χ4v) is 1.85. The number of rotatable bonds is 3. The molecule has 1 aliphatic heterocycles. The fourth-order valence-electron chi connectivity index (χ4n) is 1.85. The van der Waals surface area contributed by atoms with Gasteiger partial charge in [-0.2, -0.15) is 0 Å². The minimum absolute atomic E-state index is 0.156. The van der Waals surface area contributed by atoms with E-state index >= 15 is 0 Å². The van der Waals surface area contributed by atoms with Crippen LogP contribution in [-0.4, -0.2) is 18.5 Å². The van der Waals surface area contributed by atoms with Crippen LogP contribution in [0.3, 0.4) is 0 Å². The van der Waals surface area contributed by atoms with E-state index in [2.05, 4.69) is 17.6 Å². The molecule has 0 spiro atoms. The third-order valence-corrected chi connectivity index (χ3v) is 2.79. The van der Waals surface area contributed by atoms with Gasteiger partial charge in [0.1, 0.15) is 0 Å². The van der Waals surface area contributed by atoms with Crippen molar-refractivity contribution in [2.75, 3.05) is 6.54 Å². The molecule has 1 aromatic heterocycles. The molecule has 2 rings (SSSR count). The Kier molecular flexibility index (Phi) is 3.06. The van der Waals surface area contributed by atoms with Crippen molar-refractivity contribution in [3.05, 3.63) is 24.2 Å². The maximum atomic E-state index is 11.0. The fraction of sp³-hybridized carbons (Fsp3) is 0.545. The van der Waals surface area contributed by atoms with Gasteiger partial charge in [0.05, 0.1) is 12.5 Å². The molecule has 4 heteroatoms. The van der Waals surface area contributed by atoms with Crippen LogP contribution in [0.1, 0.15) is 31.4 Å². The van der Waals surface area contributed by atoms with E-state index in [4.69, 9.17) is 4.42 Å². The van der Waals surface area contributed by atoms with E-state index in [1.54, 1.807) is 12.5 Å². The number of carbonyl (C=O) groups excluding carboxylic acids is 1. The van der Waals surface area contributed by atoms with E-state index in [0.29, 0.717) is 12.5 Å². The molecule has 1 amide bonds. The second-order valence-electron chi connectivity index (χ2n) is 3.98. The van der Waals surface area contributed by atoms with E-state index in [0.717, 1.165) is 18.5 Å². The third kappa shape index (κ3) is 2.59. The summed E-state index contributed by atoms with van der Waals surface area (Å²) in [4.78, 5) is 11.0. The molecule has 4 nitrogen and oxygen atoms in total. The highest BCUT2D eigenvalue weighted by Gasteiger charge is 2.19. The minimum Gasteiger partial charge on any atom is -0.472 e. The minimum atomic E-state index is 0.156. The molecular formula is C11H16N2O2. The van der Waals surface area contributed by atoms with Gasteiger partial charge >= 0.3 is 0 Å². The number of furan rings is 1. The summed E-state index contributed by atoms with van der Waals surface area (Å²) in [6, 6.07) is 2.59. The van der Waals surface area contributed by atoms with Crippen LogP contribution in [0.4, 0.5) is 0 Å². The molecule has 0 radical (unpaired) electrons. The number of hydrogen-bond acceptors (Lipinski definition) is 3. The van der Waals surface area contributed by atoms with Crippen LogP contribution in [0.5, 0.6) is 0 Å². The Bertz CT molecular complexity index is 311. The lowest BCUT2D eigenvalue weighted by Crippen LogP contribution is -2.46. The predicted molar refractivity (Wildman–Crippen MR) is 56.3 cm³/mol. The van der Waals surface area contributed by atoms with Crippen molar-refractivity contribution in [2.45, 2.75) is 31.8 Å². The van der Waals surface area contributed by atoms with Crippen molar-refractivity contribution in [3.63, 3.8) is 0 Å². The summed E-state index contributed by atoms with van der Waals surface area (Å²) in [7, 11) is 0. The zero-order chi connectivity index (χ0) is 10.7.